The van der Waals surface area contributed by atoms with Gasteiger partial charge < -0.3 is 9.47 Å². The maximum Gasteiger partial charge on any atom is 0.0860 e. The normalized spacial score (nSPS) is 34.3. The predicted molar refractivity (Wildman–Crippen MR) is 35.4 cm³/mol. The number of hydrogen-bond acceptors (Lipinski definition) is 2. The van der Waals surface area contributed by atoms with E-state index in [1.807, 2.05) is 20.8 Å². The molecular weight excluding hydrogens is 116 g/mol. The van der Waals surface area contributed by atoms with Crippen LogP contribution in [-0.2, 0) is 9.47 Å². The molecule has 0 saturated carbocycles. The standard InChI is InChI=1S/C7H14O2/c1-6-4-9-7(2,3)5-8-6/h6H,4-5H2,1-3H3. The van der Waals surface area contributed by atoms with Gasteiger partial charge in [0.1, 0.15) is 0 Å². The maximum absolute atomic E-state index is 5.45. The maximum atomic E-state index is 5.45. The zero-order valence-corrected chi connectivity index (χ0v) is 6.31. The molecule has 9 heavy (non-hydrogen) atoms. The Morgan fingerprint density at radius 1 is 1.44 bits per heavy atom. The molecule has 1 atom stereocenters. The molecule has 0 N–H and O–H groups in total. The van der Waals surface area contributed by atoms with Crippen molar-refractivity contribution in [2.45, 2.75) is 32.5 Å². The lowest BCUT2D eigenvalue weighted by atomic mass is 10.1. The fourth-order valence-electron chi connectivity index (χ4n) is 0.776. The first kappa shape index (κ1) is 7.03. The molecule has 1 unspecified atom stereocenters. The predicted octanol–water partition coefficient (Wildman–Crippen LogP) is 1.20. The molecule has 2 heteroatoms. The van der Waals surface area contributed by atoms with Gasteiger partial charge in [-0.1, -0.05) is 0 Å². The minimum atomic E-state index is -0.0630. The average molecular weight is 130 g/mol. The molecule has 1 aliphatic rings. The van der Waals surface area contributed by atoms with Crippen LogP contribution in [-0.4, -0.2) is 24.9 Å². The summed E-state index contributed by atoms with van der Waals surface area (Å²) in [7, 11) is 0. The minimum Gasteiger partial charge on any atom is -0.373 e. The van der Waals surface area contributed by atoms with Crippen LogP contribution < -0.4 is 0 Å². The highest BCUT2D eigenvalue weighted by molar-refractivity contribution is 4.72. The minimum absolute atomic E-state index is 0.0630. The molecule has 0 bridgehead atoms. The van der Waals surface area contributed by atoms with E-state index in [0.717, 1.165) is 6.61 Å². The third-order valence-electron chi connectivity index (χ3n) is 1.42. The summed E-state index contributed by atoms with van der Waals surface area (Å²) in [5, 5.41) is 0. The first-order valence-electron chi connectivity index (χ1n) is 3.36. The Kier molecular flexibility index (Phi) is 1.78. The van der Waals surface area contributed by atoms with E-state index in [2.05, 4.69) is 0 Å². The van der Waals surface area contributed by atoms with Gasteiger partial charge in [-0.05, 0) is 20.8 Å². The summed E-state index contributed by atoms with van der Waals surface area (Å²) >= 11 is 0. The highest BCUT2D eigenvalue weighted by Gasteiger charge is 2.25. The van der Waals surface area contributed by atoms with Gasteiger partial charge in [0.25, 0.3) is 0 Å². The van der Waals surface area contributed by atoms with Crippen molar-refractivity contribution in [3.05, 3.63) is 0 Å². The van der Waals surface area contributed by atoms with Crippen LogP contribution in [0.15, 0.2) is 0 Å². The van der Waals surface area contributed by atoms with Gasteiger partial charge in [-0.3, -0.25) is 0 Å². The van der Waals surface area contributed by atoms with Crippen molar-refractivity contribution >= 4 is 0 Å². The fraction of sp³-hybridized carbons (Fsp3) is 1.00. The molecule has 0 aromatic heterocycles. The van der Waals surface area contributed by atoms with Crippen molar-refractivity contribution in [3.63, 3.8) is 0 Å². The van der Waals surface area contributed by atoms with Crippen LogP contribution in [0.5, 0.6) is 0 Å². The Labute approximate surface area is 56.2 Å². The van der Waals surface area contributed by atoms with Gasteiger partial charge in [0.2, 0.25) is 0 Å². The van der Waals surface area contributed by atoms with E-state index in [9.17, 15) is 0 Å². The summed E-state index contributed by atoms with van der Waals surface area (Å²) in [5.41, 5.74) is -0.0630. The molecule has 1 saturated heterocycles. The van der Waals surface area contributed by atoms with E-state index in [-0.39, 0.29) is 11.7 Å². The first-order chi connectivity index (χ1) is 4.10. The molecule has 0 radical (unpaired) electrons. The van der Waals surface area contributed by atoms with Crippen LogP contribution >= 0.6 is 0 Å². The molecule has 0 aromatic rings. The molecular formula is C7H14O2. The summed E-state index contributed by atoms with van der Waals surface area (Å²) in [6.07, 6.45) is 0.276. The zero-order valence-electron chi connectivity index (χ0n) is 6.31. The van der Waals surface area contributed by atoms with Crippen LogP contribution in [0.2, 0.25) is 0 Å². The monoisotopic (exact) mass is 130 g/mol. The van der Waals surface area contributed by atoms with Gasteiger partial charge in [0.05, 0.1) is 24.9 Å². The van der Waals surface area contributed by atoms with Crippen molar-refractivity contribution < 1.29 is 9.47 Å². The Balaban J connectivity index is 2.35. The molecule has 54 valence electrons. The van der Waals surface area contributed by atoms with E-state index >= 15 is 0 Å². The summed E-state index contributed by atoms with van der Waals surface area (Å²) in [5.74, 6) is 0. The van der Waals surface area contributed by atoms with Crippen molar-refractivity contribution in [3.8, 4) is 0 Å². The molecule has 1 rings (SSSR count). The highest BCUT2D eigenvalue weighted by Crippen LogP contribution is 2.16. The van der Waals surface area contributed by atoms with Gasteiger partial charge in [-0.15, -0.1) is 0 Å². The van der Waals surface area contributed by atoms with Crippen molar-refractivity contribution in [1.29, 1.82) is 0 Å². The second kappa shape index (κ2) is 2.27. The van der Waals surface area contributed by atoms with Crippen LogP contribution in [0.4, 0.5) is 0 Å². The second-order valence-electron chi connectivity index (χ2n) is 3.19. The molecule has 1 fully saturated rings. The van der Waals surface area contributed by atoms with Gasteiger partial charge in [-0.25, -0.2) is 0 Å². The van der Waals surface area contributed by atoms with Crippen LogP contribution in [0.1, 0.15) is 20.8 Å². The van der Waals surface area contributed by atoms with E-state index in [1.165, 1.54) is 0 Å². The quantitative estimate of drug-likeness (QED) is 0.490. The Morgan fingerprint density at radius 3 is 2.44 bits per heavy atom. The van der Waals surface area contributed by atoms with E-state index in [4.69, 9.17) is 9.47 Å². The molecule has 2 nitrogen and oxygen atoms in total. The lowest BCUT2D eigenvalue weighted by Crippen LogP contribution is -2.41. The van der Waals surface area contributed by atoms with Crippen molar-refractivity contribution in [2.75, 3.05) is 13.2 Å². The number of ether oxygens (including phenoxy) is 2. The molecule has 0 amide bonds. The Hall–Kier alpha value is -0.0800. The Morgan fingerprint density at radius 2 is 2.11 bits per heavy atom. The van der Waals surface area contributed by atoms with E-state index in [0.29, 0.717) is 6.61 Å². The lowest BCUT2D eigenvalue weighted by molar-refractivity contribution is -0.169. The van der Waals surface area contributed by atoms with Gasteiger partial charge in [0, 0.05) is 0 Å². The first-order valence-corrected chi connectivity index (χ1v) is 3.36. The SMILES string of the molecule is CC1COC(C)(C)CO1. The average Bonchev–Trinajstić information content (AvgIpc) is 1.78. The summed E-state index contributed by atoms with van der Waals surface area (Å²) in [4.78, 5) is 0. The molecule has 1 heterocycles. The third kappa shape index (κ3) is 1.95. The largest absolute Gasteiger partial charge is 0.373 e. The second-order valence-corrected chi connectivity index (χ2v) is 3.19. The number of hydrogen-bond donors (Lipinski definition) is 0. The highest BCUT2D eigenvalue weighted by atomic mass is 16.6. The third-order valence-corrected chi connectivity index (χ3v) is 1.42. The molecule has 0 spiro atoms. The van der Waals surface area contributed by atoms with Gasteiger partial charge in [-0.2, -0.15) is 0 Å². The van der Waals surface area contributed by atoms with Crippen molar-refractivity contribution in [2.24, 2.45) is 0 Å². The molecule has 1 aliphatic heterocycles. The molecule has 0 aromatic carbocycles. The summed E-state index contributed by atoms with van der Waals surface area (Å²) in [6, 6.07) is 0. The zero-order chi connectivity index (χ0) is 6.91. The van der Waals surface area contributed by atoms with Crippen molar-refractivity contribution in [1.82, 2.24) is 0 Å². The summed E-state index contributed by atoms with van der Waals surface area (Å²) < 4.78 is 10.8. The molecule has 0 aliphatic carbocycles. The Bertz CT molecular complexity index is 89.1. The fourth-order valence-corrected chi connectivity index (χ4v) is 0.776. The van der Waals surface area contributed by atoms with E-state index < -0.39 is 0 Å². The van der Waals surface area contributed by atoms with Gasteiger partial charge in [0.15, 0.2) is 0 Å². The van der Waals surface area contributed by atoms with Gasteiger partial charge >= 0.3 is 0 Å². The smallest absolute Gasteiger partial charge is 0.0860 e. The summed E-state index contributed by atoms with van der Waals surface area (Å²) in [6.45, 7) is 7.55. The van der Waals surface area contributed by atoms with E-state index in [1.54, 1.807) is 0 Å². The van der Waals surface area contributed by atoms with Crippen LogP contribution in [0, 0.1) is 0 Å². The van der Waals surface area contributed by atoms with Crippen LogP contribution in [0.3, 0.4) is 0 Å². The van der Waals surface area contributed by atoms with Crippen LogP contribution in [0.25, 0.3) is 0 Å². The number of rotatable bonds is 0. The lowest BCUT2D eigenvalue weighted by Gasteiger charge is -2.33. The topological polar surface area (TPSA) is 18.5 Å².